The van der Waals surface area contributed by atoms with Crippen molar-refractivity contribution in [2.75, 3.05) is 0 Å². The van der Waals surface area contributed by atoms with E-state index in [1.807, 2.05) is 26.0 Å². The zero-order valence-electron chi connectivity index (χ0n) is 8.24. The van der Waals surface area contributed by atoms with Gasteiger partial charge in [0.2, 0.25) is 0 Å². The van der Waals surface area contributed by atoms with Gasteiger partial charge in [-0.15, -0.1) is 0 Å². The summed E-state index contributed by atoms with van der Waals surface area (Å²) in [6.45, 7) is 4.08. The average Bonchev–Trinajstić information content (AvgIpc) is 2.19. The van der Waals surface area contributed by atoms with E-state index >= 15 is 0 Å². The van der Waals surface area contributed by atoms with Gasteiger partial charge in [-0.3, -0.25) is 9.78 Å². The molecule has 0 N–H and O–H groups in total. The van der Waals surface area contributed by atoms with E-state index in [4.69, 9.17) is 0 Å². The monoisotopic (exact) mass is 185 g/mol. The zero-order chi connectivity index (χ0) is 10.1. The molecule has 0 amide bonds. The van der Waals surface area contributed by atoms with Gasteiger partial charge in [0.05, 0.1) is 5.52 Å². The van der Waals surface area contributed by atoms with Crippen LogP contribution in [0.5, 0.6) is 0 Å². The predicted molar refractivity (Wildman–Crippen MR) is 56.6 cm³/mol. The van der Waals surface area contributed by atoms with E-state index in [0.717, 1.165) is 17.2 Å². The van der Waals surface area contributed by atoms with Crippen LogP contribution in [-0.4, -0.2) is 11.3 Å². The van der Waals surface area contributed by atoms with E-state index in [-0.39, 0.29) is 0 Å². The van der Waals surface area contributed by atoms with Gasteiger partial charge < -0.3 is 0 Å². The molecule has 0 bridgehead atoms. The molecule has 14 heavy (non-hydrogen) atoms. The summed E-state index contributed by atoms with van der Waals surface area (Å²) in [7, 11) is 0. The van der Waals surface area contributed by atoms with E-state index in [0.29, 0.717) is 5.56 Å². The molecule has 0 aliphatic carbocycles. The third kappa shape index (κ3) is 1.29. The Hall–Kier alpha value is -1.70. The quantitative estimate of drug-likeness (QED) is 0.639. The molecule has 0 saturated carbocycles. The summed E-state index contributed by atoms with van der Waals surface area (Å²) in [5.74, 6) is 0. The smallest absolute Gasteiger partial charge is 0.150 e. The summed E-state index contributed by atoms with van der Waals surface area (Å²) >= 11 is 0. The number of hydrogen-bond acceptors (Lipinski definition) is 2. The number of carbonyl (C=O) groups excluding carboxylic acids is 1. The second-order valence-electron chi connectivity index (χ2n) is 3.47. The number of nitrogens with zero attached hydrogens (tertiary/aromatic N) is 1. The summed E-state index contributed by atoms with van der Waals surface area (Å²) in [6.07, 6.45) is 2.54. The number of pyridine rings is 1. The standard InChI is InChI=1S/C12H11NO/c1-8-5-11-10(7-14)3-4-13-12(11)6-9(8)2/h3-7H,1-2H3. The molecule has 1 heterocycles. The number of hydrogen-bond donors (Lipinski definition) is 0. The molecule has 0 unspecified atom stereocenters. The summed E-state index contributed by atoms with van der Waals surface area (Å²) in [4.78, 5) is 15.0. The minimum Gasteiger partial charge on any atom is -0.298 e. The van der Waals surface area contributed by atoms with Crippen LogP contribution in [0.1, 0.15) is 21.5 Å². The molecule has 0 atom stereocenters. The van der Waals surface area contributed by atoms with Crippen molar-refractivity contribution in [2.24, 2.45) is 0 Å². The fourth-order valence-electron chi connectivity index (χ4n) is 1.53. The normalized spacial score (nSPS) is 10.4. The topological polar surface area (TPSA) is 30.0 Å². The van der Waals surface area contributed by atoms with Gasteiger partial charge in [0.15, 0.2) is 6.29 Å². The van der Waals surface area contributed by atoms with Crippen molar-refractivity contribution >= 4 is 17.2 Å². The largest absolute Gasteiger partial charge is 0.298 e. The fraction of sp³-hybridized carbons (Fsp3) is 0.167. The van der Waals surface area contributed by atoms with Gasteiger partial charge in [-0.2, -0.15) is 0 Å². The first-order chi connectivity index (χ1) is 6.72. The molecule has 2 heteroatoms. The van der Waals surface area contributed by atoms with Crippen molar-refractivity contribution in [3.63, 3.8) is 0 Å². The molecular weight excluding hydrogens is 174 g/mol. The maximum atomic E-state index is 10.8. The van der Waals surface area contributed by atoms with Crippen LogP contribution in [-0.2, 0) is 0 Å². The van der Waals surface area contributed by atoms with Crippen LogP contribution in [0.25, 0.3) is 10.9 Å². The molecule has 1 aromatic heterocycles. The number of carbonyl (C=O) groups is 1. The van der Waals surface area contributed by atoms with Crippen molar-refractivity contribution in [3.05, 3.63) is 41.1 Å². The van der Waals surface area contributed by atoms with E-state index in [1.54, 1.807) is 12.3 Å². The lowest BCUT2D eigenvalue weighted by Crippen LogP contribution is -1.89. The van der Waals surface area contributed by atoms with Gasteiger partial charge in [0.25, 0.3) is 0 Å². The Morgan fingerprint density at radius 1 is 1.21 bits per heavy atom. The van der Waals surface area contributed by atoms with E-state index in [1.165, 1.54) is 11.1 Å². The highest BCUT2D eigenvalue weighted by molar-refractivity contribution is 5.96. The Morgan fingerprint density at radius 3 is 2.64 bits per heavy atom. The van der Waals surface area contributed by atoms with Crippen molar-refractivity contribution < 1.29 is 4.79 Å². The first-order valence-electron chi connectivity index (χ1n) is 4.53. The maximum Gasteiger partial charge on any atom is 0.150 e. The molecule has 0 fully saturated rings. The molecule has 0 aliphatic rings. The number of aryl methyl sites for hydroxylation is 2. The van der Waals surface area contributed by atoms with Gasteiger partial charge in [0, 0.05) is 17.1 Å². The second-order valence-corrected chi connectivity index (χ2v) is 3.47. The SMILES string of the molecule is Cc1cc2nccc(C=O)c2cc1C. The van der Waals surface area contributed by atoms with Crippen molar-refractivity contribution in [3.8, 4) is 0 Å². The first kappa shape index (κ1) is 8.88. The molecule has 0 spiro atoms. The van der Waals surface area contributed by atoms with Crippen molar-refractivity contribution in [1.82, 2.24) is 4.98 Å². The minimum absolute atomic E-state index is 0.707. The molecule has 1 aromatic carbocycles. The van der Waals surface area contributed by atoms with Crippen LogP contribution in [0, 0.1) is 13.8 Å². The van der Waals surface area contributed by atoms with Crippen LogP contribution in [0.4, 0.5) is 0 Å². The van der Waals surface area contributed by atoms with E-state index < -0.39 is 0 Å². The Labute approximate surface area is 82.6 Å². The Kier molecular flexibility index (Phi) is 2.04. The maximum absolute atomic E-state index is 10.8. The van der Waals surface area contributed by atoms with Gasteiger partial charge >= 0.3 is 0 Å². The van der Waals surface area contributed by atoms with Crippen LogP contribution in [0.2, 0.25) is 0 Å². The predicted octanol–water partition coefficient (Wildman–Crippen LogP) is 2.66. The van der Waals surface area contributed by atoms with Crippen molar-refractivity contribution in [1.29, 1.82) is 0 Å². The van der Waals surface area contributed by atoms with Crippen molar-refractivity contribution in [2.45, 2.75) is 13.8 Å². The first-order valence-corrected chi connectivity index (χ1v) is 4.53. The summed E-state index contributed by atoms with van der Waals surface area (Å²) in [6, 6.07) is 5.77. The van der Waals surface area contributed by atoms with Gasteiger partial charge in [0.1, 0.15) is 0 Å². The minimum atomic E-state index is 0.707. The molecule has 0 aliphatic heterocycles. The van der Waals surface area contributed by atoms with Crippen LogP contribution in [0.15, 0.2) is 24.4 Å². The lowest BCUT2D eigenvalue weighted by atomic mass is 10.0. The van der Waals surface area contributed by atoms with Crippen LogP contribution >= 0.6 is 0 Å². The summed E-state index contributed by atoms with van der Waals surface area (Å²) in [5.41, 5.74) is 3.98. The molecule has 0 saturated heterocycles. The highest BCUT2D eigenvalue weighted by atomic mass is 16.1. The highest BCUT2D eigenvalue weighted by Gasteiger charge is 2.02. The fourth-order valence-corrected chi connectivity index (χ4v) is 1.53. The summed E-state index contributed by atoms with van der Waals surface area (Å²) < 4.78 is 0. The Morgan fingerprint density at radius 2 is 1.93 bits per heavy atom. The van der Waals surface area contributed by atoms with Crippen LogP contribution in [0.3, 0.4) is 0 Å². The van der Waals surface area contributed by atoms with Crippen LogP contribution < -0.4 is 0 Å². The van der Waals surface area contributed by atoms with Gasteiger partial charge in [-0.1, -0.05) is 0 Å². The molecule has 70 valence electrons. The second kappa shape index (κ2) is 3.22. The molecule has 2 aromatic rings. The zero-order valence-corrected chi connectivity index (χ0v) is 8.24. The molecule has 2 rings (SSSR count). The molecular formula is C12H11NO. The number of benzene rings is 1. The van der Waals surface area contributed by atoms with E-state index in [2.05, 4.69) is 4.98 Å². The number of rotatable bonds is 1. The van der Waals surface area contributed by atoms with Gasteiger partial charge in [-0.05, 0) is 43.2 Å². The Bertz CT molecular complexity index is 503. The average molecular weight is 185 g/mol. The summed E-state index contributed by atoms with van der Waals surface area (Å²) in [5, 5.41) is 0.936. The highest BCUT2D eigenvalue weighted by Crippen LogP contribution is 2.19. The molecule has 0 radical (unpaired) electrons. The number of aromatic nitrogens is 1. The van der Waals surface area contributed by atoms with E-state index in [9.17, 15) is 4.79 Å². The lowest BCUT2D eigenvalue weighted by Gasteiger charge is -2.04. The molecule has 2 nitrogen and oxygen atoms in total. The number of aldehydes is 1. The third-order valence-corrected chi connectivity index (χ3v) is 2.52. The Balaban J connectivity index is 2.88. The van der Waals surface area contributed by atoms with Gasteiger partial charge in [-0.25, -0.2) is 0 Å². The lowest BCUT2D eigenvalue weighted by molar-refractivity contribution is 0.112. The third-order valence-electron chi connectivity index (χ3n) is 2.52. The number of fused-ring (bicyclic) bond motifs is 1.